The van der Waals surface area contributed by atoms with E-state index < -0.39 is 0 Å². The third kappa shape index (κ3) is 7.50. The average Bonchev–Trinajstić information content (AvgIpc) is 3.05. The van der Waals surface area contributed by atoms with Gasteiger partial charge in [0.1, 0.15) is 0 Å². The molecule has 0 fully saturated rings. The average molecular weight is 555 g/mol. The van der Waals surface area contributed by atoms with Gasteiger partial charge < -0.3 is 9.80 Å². The van der Waals surface area contributed by atoms with Crippen molar-refractivity contribution in [3.05, 3.63) is 119 Å². The van der Waals surface area contributed by atoms with Crippen LogP contribution >= 0.6 is 0 Å². The summed E-state index contributed by atoms with van der Waals surface area (Å²) < 4.78 is 0. The molecule has 42 heavy (non-hydrogen) atoms. The van der Waals surface area contributed by atoms with Crippen LogP contribution < -0.4 is 0 Å². The van der Waals surface area contributed by atoms with Gasteiger partial charge in [-0.2, -0.15) is 0 Å². The number of carbonyl (C=O) groups is 2. The molecule has 210 valence electrons. The Labute approximate surface area is 248 Å². The lowest BCUT2D eigenvalue weighted by Gasteiger charge is -2.18. The van der Waals surface area contributed by atoms with Gasteiger partial charge in [-0.05, 0) is 100 Å². The maximum atomic E-state index is 12.5. The topological polar surface area (TPSA) is 66.4 Å². The van der Waals surface area contributed by atoms with Gasteiger partial charge in [0.15, 0.2) is 0 Å². The van der Waals surface area contributed by atoms with Crippen LogP contribution in [-0.4, -0.2) is 57.8 Å². The van der Waals surface area contributed by atoms with Crippen molar-refractivity contribution in [1.29, 1.82) is 0 Å². The number of hydrogen-bond donors (Lipinski definition) is 0. The molecule has 0 spiro atoms. The van der Waals surface area contributed by atoms with Gasteiger partial charge >= 0.3 is 0 Å². The van der Waals surface area contributed by atoms with E-state index in [2.05, 4.69) is 33.6 Å². The molecule has 4 rings (SSSR count). The minimum Gasteiger partial charge on any atom is -0.339 e. The highest BCUT2D eigenvalue weighted by Crippen LogP contribution is 2.15. The minimum atomic E-state index is 0.0305. The van der Waals surface area contributed by atoms with E-state index in [0.29, 0.717) is 37.3 Å². The maximum absolute atomic E-state index is 12.5. The highest BCUT2D eigenvalue weighted by atomic mass is 16.2. The van der Waals surface area contributed by atoms with Crippen molar-refractivity contribution < 1.29 is 9.59 Å². The summed E-state index contributed by atoms with van der Waals surface area (Å²) in [6.45, 7) is 10.6. The number of nitrogens with zero attached hydrogens (tertiary/aromatic N) is 4. The smallest absolute Gasteiger partial charge is 0.253 e. The fraction of sp³-hybridized carbons (Fsp3) is 0.222. The van der Waals surface area contributed by atoms with Crippen LogP contribution in [0.15, 0.2) is 85.2 Å². The Kier molecular flexibility index (Phi) is 10.2. The molecule has 6 heteroatoms. The lowest BCUT2D eigenvalue weighted by Crippen LogP contribution is -2.30. The summed E-state index contributed by atoms with van der Waals surface area (Å²) in [5.41, 5.74) is 6.05. The fourth-order valence-corrected chi connectivity index (χ4v) is 4.31. The van der Waals surface area contributed by atoms with Gasteiger partial charge in [0.05, 0.1) is 11.4 Å². The van der Waals surface area contributed by atoms with Crippen LogP contribution in [0.25, 0.3) is 11.4 Å². The van der Waals surface area contributed by atoms with Gasteiger partial charge in [0.25, 0.3) is 11.8 Å². The molecule has 0 saturated heterocycles. The summed E-state index contributed by atoms with van der Waals surface area (Å²) in [4.78, 5) is 37.6. The summed E-state index contributed by atoms with van der Waals surface area (Å²) in [6.07, 6.45) is 3.45. The van der Waals surface area contributed by atoms with Gasteiger partial charge in [0, 0.05) is 72.0 Å². The molecule has 0 radical (unpaired) electrons. The summed E-state index contributed by atoms with van der Waals surface area (Å²) in [5.74, 6) is 12.6. The van der Waals surface area contributed by atoms with Gasteiger partial charge in [-0.15, -0.1) is 0 Å². The minimum absolute atomic E-state index is 0.0305. The Morgan fingerprint density at radius 2 is 0.810 bits per heavy atom. The fourth-order valence-electron chi connectivity index (χ4n) is 4.31. The summed E-state index contributed by atoms with van der Waals surface area (Å²) >= 11 is 0. The van der Waals surface area contributed by atoms with Crippen molar-refractivity contribution in [2.45, 2.75) is 27.7 Å². The van der Waals surface area contributed by atoms with E-state index in [1.807, 2.05) is 100 Å². The Balaban J connectivity index is 1.37. The van der Waals surface area contributed by atoms with E-state index in [4.69, 9.17) is 0 Å². The Hall–Kier alpha value is -5.20. The molecule has 2 aromatic heterocycles. The molecule has 0 aliphatic rings. The predicted octanol–water partition coefficient (Wildman–Crippen LogP) is 5.91. The van der Waals surface area contributed by atoms with Crippen LogP contribution in [0.5, 0.6) is 0 Å². The van der Waals surface area contributed by atoms with Crippen LogP contribution in [0, 0.1) is 23.7 Å². The van der Waals surface area contributed by atoms with Crippen molar-refractivity contribution in [3.8, 4) is 35.1 Å². The van der Waals surface area contributed by atoms with Gasteiger partial charge in [-0.3, -0.25) is 19.6 Å². The molecule has 0 unspecified atom stereocenters. The third-order valence-electron chi connectivity index (χ3n) is 6.86. The van der Waals surface area contributed by atoms with Crippen LogP contribution in [-0.2, 0) is 0 Å². The molecule has 2 amide bonds. The number of amides is 2. The second-order valence-corrected chi connectivity index (χ2v) is 9.47. The van der Waals surface area contributed by atoms with E-state index in [1.54, 1.807) is 22.2 Å². The second-order valence-electron chi connectivity index (χ2n) is 9.47. The van der Waals surface area contributed by atoms with Crippen molar-refractivity contribution >= 4 is 11.8 Å². The third-order valence-corrected chi connectivity index (χ3v) is 6.86. The van der Waals surface area contributed by atoms with Crippen molar-refractivity contribution in [2.75, 3.05) is 26.2 Å². The zero-order valence-corrected chi connectivity index (χ0v) is 24.5. The SMILES string of the molecule is CCN(CC)C(=O)c1ccc(C#Cc2ccc(-c3ccc(C#Cc4ccc(C(=O)N(CC)CC)cc4)cn3)nc2)cc1. The zero-order valence-electron chi connectivity index (χ0n) is 24.5. The van der Waals surface area contributed by atoms with E-state index in [0.717, 1.165) is 33.6 Å². The molecule has 2 aromatic carbocycles. The molecule has 0 bridgehead atoms. The summed E-state index contributed by atoms with van der Waals surface area (Å²) in [6, 6.07) is 22.3. The second kappa shape index (κ2) is 14.4. The highest BCUT2D eigenvalue weighted by Gasteiger charge is 2.12. The standard InChI is InChI=1S/C36H34N4O2/c1-5-39(6-2)35(41)31-19-13-27(14-20-31)9-11-29-17-23-33(37-25-29)34-24-18-30(26-38-34)12-10-28-15-21-32(22-16-28)36(42)40(7-3)8-4/h13-26H,5-8H2,1-4H3. The van der Waals surface area contributed by atoms with Crippen LogP contribution in [0.3, 0.4) is 0 Å². The van der Waals surface area contributed by atoms with E-state index in [-0.39, 0.29) is 11.8 Å². The maximum Gasteiger partial charge on any atom is 0.253 e. The van der Waals surface area contributed by atoms with Crippen molar-refractivity contribution in [3.63, 3.8) is 0 Å². The molecule has 0 N–H and O–H groups in total. The Bertz CT molecular complexity index is 1500. The number of rotatable bonds is 7. The lowest BCUT2D eigenvalue weighted by molar-refractivity contribution is 0.0765. The molecule has 0 aliphatic heterocycles. The highest BCUT2D eigenvalue weighted by molar-refractivity contribution is 5.94. The van der Waals surface area contributed by atoms with E-state index in [1.165, 1.54) is 0 Å². The van der Waals surface area contributed by atoms with Crippen LogP contribution in [0.1, 0.15) is 70.7 Å². The zero-order chi connectivity index (χ0) is 29.9. The Morgan fingerprint density at radius 3 is 1.10 bits per heavy atom. The number of pyridine rings is 2. The molecule has 4 aromatic rings. The van der Waals surface area contributed by atoms with Crippen LogP contribution in [0.4, 0.5) is 0 Å². The normalized spacial score (nSPS) is 10.1. The molecular formula is C36H34N4O2. The first-order valence-electron chi connectivity index (χ1n) is 14.2. The molecule has 6 nitrogen and oxygen atoms in total. The molecule has 0 atom stereocenters. The first kappa shape index (κ1) is 29.8. The van der Waals surface area contributed by atoms with Gasteiger partial charge in [-0.25, -0.2) is 0 Å². The first-order valence-corrected chi connectivity index (χ1v) is 14.2. The summed E-state index contributed by atoms with van der Waals surface area (Å²) in [5, 5.41) is 0. The summed E-state index contributed by atoms with van der Waals surface area (Å²) in [7, 11) is 0. The van der Waals surface area contributed by atoms with E-state index >= 15 is 0 Å². The quantitative estimate of drug-likeness (QED) is 0.267. The molecule has 0 aliphatic carbocycles. The first-order chi connectivity index (χ1) is 20.4. The molecular weight excluding hydrogens is 520 g/mol. The largest absolute Gasteiger partial charge is 0.339 e. The Morgan fingerprint density at radius 1 is 0.500 bits per heavy atom. The number of hydrogen-bond acceptors (Lipinski definition) is 4. The van der Waals surface area contributed by atoms with Crippen molar-refractivity contribution in [2.24, 2.45) is 0 Å². The number of benzene rings is 2. The number of carbonyl (C=O) groups excluding carboxylic acids is 2. The predicted molar refractivity (Wildman–Crippen MR) is 167 cm³/mol. The van der Waals surface area contributed by atoms with Gasteiger partial charge in [0.2, 0.25) is 0 Å². The monoisotopic (exact) mass is 554 g/mol. The molecule has 0 saturated carbocycles. The number of aromatic nitrogens is 2. The lowest BCUT2D eigenvalue weighted by atomic mass is 10.1. The van der Waals surface area contributed by atoms with E-state index in [9.17, 15) is 9.59 Å². The van der Waals surface area contributed by atoms with Gasteiger partial charge in [-0.1, -0.05) is 23.7 Å². The molecule has 2 heterocycles. The van der Waals surface area contributed by atoms with Crippen molar-refractivity contribution in [1.82, 2.24) is 19.8 Å². The van der Waals surface area contributed by atoms with Crippen LogP contribution in [0.2, 0.25) is 0 Å².